The summed E-state index contributed by atoms with van der Waals surface area (Å²) in [5.41, 5.74) is 5.99. The Kier molecular flexibility index (Phi) is 4.00. The van der Waals surface area contributed by atoms with Crippen LogP contribution in [0.5, 0.6) is 0 Å². The molecule has 0 unspecified atom stereocenters. The second kappa shape index (κ2) is 5.07. The Hall–Kier alpha value is -1.43. The Labute approximate surface area is 102 Å². The zero-order chi connectivity index (χ0) is 12.3. The average molecular weight is 285 g/mol. The van der Waals surface area contributed by atoms with Crippen molar-refractivity contribution in [3.63, 3.8) is 0 Å². The fraction of sp³-hybridized carbons (Fsp3) is 0.300. The molecule has 0 aliphatic heterocycles. The maximum absolute atomic E-state index is 7.69. The van der Waals surface area contributed by atoms with E-state index in [0.29, 0.717) is 10.0 Å². The normalized spacial score (nSPS) is 10.2. The lowest BCUT2D eigenvalue weighted by Gasteiger charge is -2.11. The Morgan fingerprint density at radius 2 is 2.12 bits per heavy atom. The number of aromatic nitrogens is 1. The van der Waals surface area contributed by atoms with Crippen LogP contribution in [0.3, 0.4) is 0 Å². The predicted molar refractivity (Wildman–Crippen MR) is 66.8 cm³/mol. The van der Waals surface area contributed by atoms with Crippen molar-refractivity contribution in [2.75, 3.05) is 5.73 Å². The molecule has 5 nitrogen and oxygen atoms in total. The van der Waals surface area contributed by atoms with Crippen LogP contribution < -0.4 is 5.73 Å². The highest BCUT2D eigenvalue weighted by Crippen LogP contribution is 2.16. The van der Waals surface area contributed by atoms with Crippen LogP contribution in [0, 0.1) is 16.7 Å². The number of halogens is 1. The molecule has 1 aromatic rings. The molecule has 0 radical (unpaired) electrons. The van der Waals surface area contributed by atoms with Gasteiger partial charge in [0.25, 0.3) is 0 Å². The molecule has 0 aliphatic rings. The Balaban J connectivity index is 2.88. The van der Waals surface area contributed by atoms with E-state index >= 15 is 0 Å². The largest absolute Gasteiger partial charge is 0.425 e. The first kappa shape index (κ1) is 12.6. The summed E-state index contributed by atoms with van der Waals surface area (Å²) in [5, 5.41) is 15.2. The molecule has 1 rings (SSSR count). The first-order valence-electron chi connectivity index (χ1n) is 4.68. The zero-order valence-electron chi connectivity index (χ0n) is 9.04. The van der Waals surface area contributed by atoms with Gasteiger partial charge in [-0.15, -0.1) is 0 Å². The third-order valence-electron chi connectivity index (χ3n) is 1.87. The minimum atomic E-state index is -0.162. The van der Waals surface area contributed by atoms with Crippen LogP contribution in [-0.2, 0) is 4.74 Å². The summed E-state index contributed by atoms with van der Waals surface area (Å²) in [6, 6.07) is 1.64. The van der Waals surface area contributed by atoms with Crippen LogP contribution >= 0.6 is 15.9 Å². The maximum atomic E-state index is 7.69. The van der Waals surface area contributed by atoms with E-state index in [-0.39, 0.29) is 23.5 Å². The molecule has 6 heteroatoms. The standard InChI is InChI=1S/C10H13BrN4O/c1-5(2)9(13)16-10(14)7-3-6(11)4-15-8(7)12/h3-5,13-14H,1-2H3,(H2,12,15). The summed E-state index contributed by atoms with van der Waals surface area (Å²) in [5.74, 6) is 0.0146. The third kappa shape index (κ3) is 3.03. The Bertz CT molecular complexity index is 431. The molecule has 0 spiro atoms. The van der Waals surface area contributed by atoms with Gasteiger partial charge in [-0.05, 0) is 22.0 Å². The predicted octanol–water partition coefficient (Wildman–Crippen LogP) is 2.40. The number of nitrogen functional groups attached to an aromatic ring is 1. The van der Waals surface area contributed by atoms with Crippen LogP contribution in [-0.4, -0.2) is 16.8 Å². The first-order valence-corrected chi connectivity index (χ1v) is 5.47. The van der Waals surface area contributed by atoms with E-state index in [1.807, 2.05) is 13.8 Å². The average Bonchev–Trinajstić information content (AvgIpc) is 2.21. The van der Waals surface area contributed by atoms with Crippen LogP contribution in [0.1, 0.15) is 19.4 Å². The Morgan fingerprint density at radius 1 is 1.50 bits per heavy atom. The van der Waals surface area contributed by atoms with E-state index in [0.717, 1.165) is 0 Å². The van der Waals surface area contributed by atoms with Gasteiger partial charge in [0.15, 0.2) is 5.90 Å². The molecule has 0 fully saturated rings. The van der Waals surface area contributed by atoms with Gasteiger partial charge in [-0.2, -0.15) is 0 Å². The smallest absolute Gasteiger partial charge is 0.224 e. The number of ether oxygens (including phenoxy) is 1. The van der Waals surface area contributed by atoms with Crippen molar-refractivity contribution < 1.29 is 4.74 Å². The summed E-state index contributed by atoms with van der Waals surface area (Å²) in [4.78, 5) is 3.89. The monoisotopic (exact) mass is 284 g/mol. The summed E-state index contributed by atoms with van der Waals surface area (Å²) in [7, 11) is 0. The maximum Gasteiger partial charge on any atom is 0.224 e. The third-order valence-corrected chi connectivity index (χ3v) is 2.30. The van der Waals surface area contributed by atoms with Crippen molar-refractivity contribution >= 4 is 33.5 Å². The van der Waals surface area contributed by atoms with Crippen molar-refractivity contribution in [3.05, 3.63) is 22.3 Å². The fourth-order valence-electron chi connectivity index (χ4n) is 0.915. The van der Waals surface area contributed by atoms with E-state index < -0.39 is 0 Å². The van der Waals surface area contributed by atoms with Gasteiger partial charge in [-0.25, -0.2) is 4.98 Å². The molecule has 0 atom stereocenters. The molecule has 86 valence electrons. The molecule has 16 heavy (non-hydrogen) atoms. The number of hydrogen-bond donors (Lipinski definition) is 3. The van der Waals surface area contributed by atoms with E-state index in [1.165, 1.54) is 0 Å². The number of pyridine rings is 1. The molecule has 0 amide bonds. The van der Waals surface area contributed by atoms with Gasteiger partial charge in [-0.1, -0.05) is 13.8 Å². The molecule has 0 saturated carbocycles. The SMILES string of the molecule is CC(C)C(=N)OC(=N)c1cc(Br)cnc1N. The quantitative estimate of drug-likeness (QED) is 0.575. The minimum absolute atomic E-state index is 0.0318. The molecule has 0 aliphatic carbocycles. The van der Waals surface area contributed by atoms with Gasteiger partial charge >= 0.3 is 0 Å². The lowest BCUT2D eigenvalue weighted by Crippen LogP contribution is -2.18. The Morgan fingerprint density at radius 3 is 2.69 bits per heavy atom. The first-order chi connectivity index (χ1) is 7.41. The van der Waals surface area contributed by atoms with Crippen molar-refractivity contribution in [2.45, 2.75) is 13.8 Å². The van der Waals surface area contributed by atoms with Crippen molar-refractivity contribution in [3.8, 4) is 0 Å². The highest BCUT2D eigenvalue weighted by molar-refractivity contribution is 9.10. The topological polar surface area (TPSA) is 95.8 Å². The van der Waals surface area contributed by atoms with Crippen LogP contribution in [0.15, 0.2) is 16.7 Å². The summed E-state index contributed by atoms with van der Waals surface area (Å²) >= 11 is 3.24. The second-order valence-electron chi connectivity index (χ2n) is 3.54. The number of nitrogens with zero attached hydrogens (tertiary/aromatic N) is 1. The number of anilines is 1. The van der Waals surface area contributed by atoms with E-state index in [4.69, 9.17) is 21.3 Å². The van der Waals surface area contributed by atoms with Crippen LogP contribution in [0.4, 0.5) is 5.82 Å². The fourth-order valence-corrected chi connectivity index (χ4v) is 1.25. The minimum Gasteiger partial charge on any atom is -0.425 e. The number of nitrogens with two attached hydrogens (primary N) is 1. The number of nitrogens with one attached hydrogen (secondary N) is 2. The van der Waals surface area contributed by atoms with E-state index in [9.17, 15) is 0 Å². The van der Waals surface area contributed by atoms with Gasteiger partial charge in [0.1, 0.15) is 5.82 Å². The van der Waals surface area contributed by atoms with Gasteiger partial charge in [-0.3, -0.25) is 10.8 Å². The second-order valence-corrected chi connectivity index (χ2v) is 4.45. The molecule has 1 heterocycles. The number of rotatable bonds is 2. The van der Waals surface area contributed by atoms with Crippen LogP contribution in [0.2, 0.25) is 0 Å². The van der Waals surface area contributed by atoms with Crippen molar-refractivity contribution in [1.82, 2.24) is 4.98 Å². The van der Waals surface area contributed by atoms with Gasteiger partial charge in [0.05, 0.1) is 5.56 Å². The van der Waals surface area contributed by atoms with Crippen molar-refractivity contribution in [2.24, 2.45) is 5.92 Å². The van der Waals surface area contributed by atoms with Crippen LogP contribution in [0.25, 0.3) is 0 Å². The molecular weight excluding hydrogens is 272 g/mol. The van der Waals surface area contributed by atoms with Crippen molar-refractivity contribution in [1.29, 1.82) is 10.8 Å². The highest BCUT2D eigenvalue weighted by atomic mass is 79.9. The lowest BCUT2D eigenvalue weighted by atomic mass is 10.2. The highest BCUT2D eigenvalue weighted by Gasteiger charge is 2.13. The molecular formula is C10H13BrN4O. The zero-order valence-corrected chi connectivity index (χ0v) is 10.6. The van der Waals surface area contributed by atoms with Gasteiger partial charge < -0.3 is 10.5 Å². The number of hydrogen-bond acceptors (Lipinski definition) is 5. The molecule has 0 aromatic carbocycles. The summed E-state index contributed by atoms with van der Waals surface area (Å²) in [6.07, 6.45) is 1.54. The lowest BCUT2D eigenvalue weighted by molar-refractivity contribution is 0.491. The van der Waals surface area contributed by atoms with Gasteiger partial charge in [0.2, 0.25) is 5.90 Å². The summed E-state index contributed by atoms with van der Waals surface area (Å²) < 4.78 is 5.77. The molecule has 0 bridgehead atoms. The van der Waals surface area contributed by atoms with E-state index in [2.05, 4.69) is 20.9 Å². The van der Waals surface area contributed by atoms with E-state index in [1.54, 1.807) is 12.3 Å². The van der Waals surface area contributed by atoms with Gasteiger partial charge in [0, 0.05) is 16.6 Å². The molecule has 0 saturated heterocycles. The summed E-state index contributed by atoms with van der Waals surface area (Å²) in [6.45, 7) is 3.64. The molecule has 1 aromatic heterocycles. The molecule has 4 N–H and O–H groups in total.